The molecule has 132 valence electrons. The number of hydrogen-bond donors (Lipinski definition) is 1. The van der Waals surface area contributed by atoms with E-state index in [1.807, 2.05) is 48.5 Å². The monoisotopic (exact) mass is 345 g/mol. The maximum atomic E-state index is 12.9. The van der Waals surface area contributed by atoms with Gasteiger partial charge < -0.3 is 5.32 Å². The maximum absolute atomic E-state index is 12.9. The molecule has 0 bridgehead atoms. The van der Waals surface area contributed by atoms with E-state index in [4.69, 9.17) is 0 Å². The molecule has 1 heterocycles. The van der Waals surface area contributed by atoms with Crippen molar-refractivity contribution < 1.29 is 4.79 Å². The lowest BCUT2D eigenvalue weighted by molar-refractivity contribution is 0.256. The number of aromatic nitrogens is 1. The number of amides is 2. The normalized spacial score (nSPS) is 10.6. The number of benzene rings is 2. The summed E-state index contributed by atoms with van der Waals surface area (Å²) in [6, 6.07) is 23.2. The van der Waals surface area contributed by atoms with Gasteiger partial charge in [0.15, 0.2) is 0 Å². The SMILES string of the molecule is CC(C)c1ccc(CN(C(=O)Nc2ccccc2)c2ccccn2)cc1. The zero-order valence-corrected chi connectivity index (χ0v) is 15.1. The van der Waals surface area contributed by atoms with Crippen molar-refractivity contribution in [2.45, 2.75) is 26.3 Å². The molecule has 3 rings (SSSR count). The van der Waals surface area contributed by atoms with Crippen molar-refractivity contribution in [1.29, 1.82) is 0 Å². The van der Waals surface area contributed by atoms with E-state index in [0.717, 1.165) is 11.3 Å². The van der Waals surface area contributed by atoms with Gasteiger partial charge in [-0.2, -0.15) is 0 Å². The molecular weight excluding hydrogens is 322 g/mol. The van der Waals surface area contributed by atoms with Gasteiger partial charge in [-0.05, 0) is 41.3 Å². The third-order valence-electron chi connectivity index (χ3n) is 4.18. The summed E-state index contributed by atoms with van der Waals surface area (Å²) in [6.45, 7) is 4.79. The molecule has 0 unspecified atom stereocenters. The topological polar surface area (TPSA) is 45.2 Å². The van der Waals surface area contributed by atoms with Gasteiger partial charge in [0.2, 0.25) is 0 Å². The van der Waals surface area contributed by atoms with Crippen molar-refractivity contribution in [2.75, 3.05) is 10.2 Å². The molecule has 0 saturated carbocycles. The standard InChI is InChI=1S/C22H23N3O/c1-17(2)19-13-11-18(12-14-19)16-25(21-10-6-7-15-23-21)22(26)24-20-8-4-3-5-9-20/h3-15,17H,16H2,1-2H3,(H,24,26). The Bertz CT molecular complexity index is 830. The molecule has 0 fully saturated rings. The molecule has 0 radical (unpaired) electrons. The number of pyridine rings is 1. The van der Waals surface area contributed by atoms with E-state index < -0.39 is 0 Å². The summed E-state index contributed by atoms with van der Waals surface area (Å²) in [5.74, 6) is 1.10. The zero-order valence-electron chi connectivity index (χ0n) is 15.1. The van der Waals surface area contributed by atoms with E-state index in [1.54, 1.807) is 11.1 Å². The van der Waals surface area contributed by atoms with Crippen LogP contribution in [0.1, 0.15) is 30.9 Å². The molecule has 26 heavy (non-hydrogen) atoms. The van der Waals surface area contributed by atoms with Gasteiger partial charge in [0.25, 0.3) is 0 Å². The largest absolute Gasteiger partial charge is 0.327 e. The zero-order chi connectivity index (χ0) is 18.4. The third kappa shape index (κ3) is 4.48. The van der Waals surface area contributed by atoms with Crippen LogP contribution in [0.2, 0.25) is 0 Å². The van der Waals surface area contributed by atoms with Crippen LogP contribution in [0.4, 0.5) is 16.3 Å². The number of hydrogen-bond acceptors (Lipinski definition) is 2. The van der Waals surface area contributed by atoms with Gasteiger partial charge in [-0.1, -0.05) is 62.4 Å². The quantitative estimate of drug-likeness (QED) is 0.669. The van der Waals surface area contributed by atoms with Crippen LogP contribution < -0.4 is 10.2 Å². The van der Waals surface area contributed by atoms with Gasteiger partial charge in [-0.3, -0.25) is 4.90 Å². The first kappa shape index (κ1) is 17.7. The van der Waals surface area contributed by atoms with Gasteiger partial charge in [0.05, 0.1) is 6.54 Å². The van der Waals surface area contributed by atoms with Crippen molar-refractivity contribution in [2.24, 2.45) is 0 Å². The van der Waals surface area contributed by atoms with Crippen LogP contribution in [-0.2, 0) is 6.54 Å². The molecule has 2 amide bonds. The molecule has 0 aliphatic rings. The van der Waals surface area contributed by atoms with Crippen molar-refractivity contribution in [3.05, 3.63) is 90.1 Å². The van der Waals surface area contributed by atoms with Crippen LogP contribution in [0, 0.1) is 0 Å². The molecule has 2 aromatic carbocycles. The van der Waals surface area contributed by atoms with E-state index in [2.05, 4.69) is 48.4 Å². The predicted molar refractivity (Wildman–Crippen MR) is 106 cm³/mol. The Morgan fingerprint density at radius 1 is 0.962 bits per heavy atom. The van der Waals surface area contributed by atoms with Gasteiger partial charge in [-0.25, -0.2) is 9.78 Å². The Kier molecular flexibility index (Phi) is 5.64. The number of para-hydroxylation sites is 1. The first-order valence-electron chi connectivity index (χ1n) is 8.77. The molecule has 0 aliphatic heterocycles. The number of rotatable bonds is 5. The fourth-order valence-electron chi connectivity index (χ4n) is 2.67. The molecule has 1 aromatic heterocycles. The second kappa shape index (κ2) is 8.30. The number of carbonyl (C=O) groups is 1. The van der Waals surface area contributed by atoms with Gasteiger partial charge >= 0.3 is 6.03 Å². The molecule has 0 aliphatic carbocycles. The minimum atomic E-state index is -0.206. The van der Waals surface area contributed by atoms with E-state index in [0.29, 0.717) is 18.3 Å². The summed E-state index contributed by atoms with van der Waals surface area (Å²) in [4.78, 5) is 18.9. The minimum absolute atomic E-state index is 0.206. The fraction of sp³-hybridized carbons (Fsp3) is 0.182. The average Bonchev–Trinajstić information content (AvgIpc) is 2.68. The highest BCUT2D eigenvalue weighted by molar-refractivity contribution is 6.01. The highest BCUT2D eigenvalue weighted by atomic mass is 16.2. The van der Waals surface area contributed by atoms with E-state index in [-0.39, 0.29) is 6.03 Å². The van der Waals surface area contributed by atoms with Crippen molar-refractivity contribution in [1.82, 2.24) is 4.98 Å². The Labute approximate surface area is 154 Å². The number of anilines is 2. The van der Waals surface area contributed by atoms with Crippen LogP contribution >= 0.6 is 0 Å². The average molecular weight is 345 g/mol. The summed E-state index contributed by atoms with van der Waals surface area (Å²) < 4.78 is 0. The van der Waals surface area contributed by atoms with E-state index in [9.17, 15) is 4.79 Å². The predicted octanol–water partition coefficient (Wildman–Crippen LogP) is 5.44. The highest BCUT2D eigenvalue weighted by Gasteiger charge is 2.17. The maximum Gasteiger partial charge on any atom is 0.327 e. The van der Waals surface area contributed by atoms with Crippen molar-refractivity contribution >= 4 is 17.5 Å². The van der Waals surface area contributed by atoms with Crippen molar-refractivity contribution in [3.63, 3.8) is 0 Å². The first-order chi connectivity index (χ1) is 12.6. The Balaban J connectivity index is 1.82. The smallest absolute Gasteiger partial charge is 0.307 e. The van der Waals surface area contributed by atoms with Crippen LogP contribution in [0.5, 0.6) is 0 Å². The summed E-state index contributed by atoms with van der Waals surface area (Å²) in [7, 11) is 0. The minimum Gasteiger partial charge on any atom is -0.307 e. The summed E-state index contributed by atoms with van der Waals surface area (Å²) in [6.07, 6.45) is 1.69. The molecule has 3 aromatic rings. The number of nitrogens with zero attached hydrogens (tertiary/aromatic N) is 2. The molecule has 1 N–H and O–H groups in total. The molecule has 4 heteroatoms. The van der Waals surface area contributed by atoms with E-state index in [1.165, 1.54) is 5.56 Å². The summed E-state index contributed by atoms with van der Waals surface area (Å²) in [5, 5.41) is 2.94. The van der Waals surface area contributed by atoms with Gasteiger partial charge in [0.1, 0.15) is 5.82 Å². The molecule has 0 spiro atoms. The Hall–Kier alpha value is -3.14. The van der Waals surface area contributed by atoms with Crippen molar-refractivity contribution in [3.8, 4) is 0 Å². The van der Waals surface area contributed by atoms with Gasteiger partial charge in [0, 0.05) is 11.9 Å². The Morgan fingerprint density at radius 2 is 1.65 bits per heavy atom. The molecular formula is C22H23N3O. The lowest BCUT2D eigenvalue weighted by atomic mass is 10.0. The summed E-state index contributed by atoms with van der Waals surface area (Å²) >= 11 is 0. The second-order valence-corrected chi connectivity index (χ2v) is 6.47. The fourth-order valence-corrected chi connectivity index (χ4v) is 2.67. The third-order valence-corrected chi connectivity index (χ3v) is 4.18. The van der Waals surface area contributed by atoms with E-state index >= 15 is 0 Å². The highest BCUT2D eigenvalue weighted by Crippen LogP contribution is 2.19. The molecule has 0 atom stereocenters. The molecule has 0 saturated heterocycles. The number of urea groups is 1. The number of nitrogens with one attached hydrogen (secondary N) is 1. The first-order valence-corrected chi connectivity index (χ1v) is 8.77. The van der Waals surface area contributed by atoms with Crippen LogP contribution in [0.25, 0.3) is 0 Å². The van der Waals surface area contributed by atoms with Crippen LogP contribution in [-0.4, -0.2) is 11.0 Å². The lowest BCUT2D eigenvalue weighted by Gasteiger charge is -2.22. The Morgan fingerprint density at radius 3 is 2.27 bits per heavy atom. The summed E-state index contributed by atoms with van der Waals surface area (Å²) in [5.41, 5.74) is 3.10. The van der Waals surface area contributed by atoms with Crippen LogP contribution in [0.15, 0.2) is 79.0 Å². The second-order valence-electron chi connectivity index (χ2n) is 6.47. The lowest BCUT2D eigenvalue weighted by Crippen LogP contribution is -2.35. The number of carbonyl (C=O) groups excluding carboxylic acids is 1. The molecule has 4 nitrogen and oxygen atoms in total. The van der Waals surface area contributed by atoms with Crippen LogP contribution in [0.3, 0.4) is 0 Å². The van der Waals surface area contributed by atoms with Gasteiger partial charge in [-0.15, -0.1) is 0 Å².